The number of carbonyl (C=O) groups excluding carboxylic acids is 1. The molecule has 1 amide bonds. The highest BCUT2D eigenvalue weighted by atomic mass is 32.2. The largest absolute Gasteiger partial charge is 0.356 e. The molecule has 0 aromatic heterocycles. The fourth-order valence-corrected chi connectivity index (χ4v) is 2.05. The number of carbonyl (C=O) groups is 1. The number of hydrogen-bond acceptors (Lipinski definition) is 3. The lowest BCUT2D eigenvalue weighted by Gasteiger charge is -2.07. The van der Waals surface area contributed by atoms with E-state index in [4.69, 9.17) is 0 Å². The molecular weight excluding hydrogens is 250 g/mol. The van der Waals surface area contributed by atoms with Crippen LogP contribution in [0, 0.1) is 5.92 Å². The minimum absolute atomic E-state index is 0.0456. The Labute approximate surface area is 108 Å². The van der Waals surface area contributed by atoms with Crippen molar-refractivity contribution >= 4 is 15.7 Å². The van der Waals surface area contributed by atoms with Gasteiger partial charge in [-0.15, -0.1) is 0 Å². The molecular formula is C13H19NO3S. The fraction of sp³-hybridized carbons (Fsp3) is 0.462. The predicted octanol–water partition coefficient (Wildman–Crippen LogP) is 1.40. The van der Waals surface area contributed by atoms with E-state index in [-0.39, 0.29) is 17.2 Å². The van der Waals surface area contributed by atoms with Gasteiger partial charge in [0, 0.05) is 12.8 Å². The molecule has 0 aliphatic rings. The van der Waals surface area contributed by atoms with E-state index in [0.717, 1.165) is 11.8 Å². The van der Waals surface area contributed by atoms with Gasteiger partial charge in [-0.1, -0.05) is 26.0 Å². The van der Waals surface area contributed by atoms with Crippen molar-refractivity contribution in [3.05, 3.63) is 29.8 Å². The second-order valence-corrected chi connectivity index (χ2v) is 6.81. The van der Waals surface area contributed by atoms with Gasteiger partial charge in [0.05, 0.1) is 11.3 Å². The lowest BCUT2D eigenvalue weighted by Crippen LogP contribution is -2.28. The van der Waals surface area contributed by atoms with Crippen LogP contribution in [0.4, 0.5) is 0 Å². The first kappa shape index (κ1) is 14.7. The van der Waals surface area contributed by atoms with Gasteiger partial charge >= 0.3 is 0 Å². The van der Waals surface area contributed by atoms with Gasteiger partial charge in [-0.3, -0.25) is 4.79 Å². The van der Waals surface area contributed by atoms with Crippen molar-refractivity contribution in [2.45, 2.75) is 25.2 Å². The first-order chi connectivity index (χ1) is 8.29. The van der Waals surface area contributed by atoms with Gasteiger partial charge in [-0.05, 0) is 23.6 Å². The zero-order chi connectivity index (χ0) is 13.8. The van der Waals surface area contributed by atoms with Crippen LogP contribution in [0.3, 0.4) is 0 Å². The molecule has 0 bridgehead atoms. The van der Waals surface area contributed by atoms with Gasteiger partial charge in [-0.25, -0.2) is 8.42 Å². The maximum absolute atomic E-state index is 11.6. The first-order valence-electron chi connectivity index (χ1n) is 5.84. The van der Waals surface area contributed by atoms with Crippen LogP contribution in [-0.2, 0) is 21.1 Å². The summed E-state index contributed by atoms with van der Waals surface area (Å²) < 4.78 is 22.5. The lowest BCUT2D eigenvalue weighted by molar-refractivity contribution is -0.120. The summed E-state index contributed by atoms with van der Waals surface area (Å²) in [6.45, 7) is 4.71. The highest BCUT2D eigenvalue weighted by molar-refractivity contribution is 7.90. The van der Waals surface area contributed by atoms with Crippen molar-refractivity contribution in [3.8, 4) is 0 Å². The lowest BCUT2D eigenvalue weighted by atomic mass is 10.1. The van der Waals surface area contributed by atoms with Crippen molar-refractivity contribution in [2.75, 3.05) is 12.8 Å². The van der Waals surface area contributed by atoms with Gasteiger partial charge in [0.2, 0.25) is 5.91 Å². The number of hydrogen-bond donors (Lipinski definition) is 1. The van der Waals surface area contributed by atoms with E-state index >= 15 is 0 Å². The molecule has 4 nitrogen and oxygen atoms in total. The Morgan fingerprint density at radius 2 is 1.78 bits per heavy atom. The Balaban J connectivity index is 2.62. The molecule has 0 saturated heterocycles. The monoisotopic (exact) mass is 269 g/mol. The summed E-state index contributed by atoms with van der Waals surface area (Å²) in [7, 11) is -3.17. The molecule has 5 heteroatoms. The average Bonchev–Trinajstić information content (AvgIpc) is 2.26. The minimum atomic E-state index is -3.17. The molecule has 1 aromatic carbocycles. The fourth-order valence-electron chi connectivity index (χ4n) is 1.42. The van der Waals surface area contributed by atoms with Gasteiger partial charge in [0.1, 0.15) is 0 Å². The molecule has 1 rings (SSSR count). The van der Waals surface area contributed by atoms with Crippen LogP contribution in [-0.4, -0.2) is 27.1 Å². The quantitative estimate of drug-likeness (QED) is 0.879. The van der Waals surface area contributed by atoms with Crippen LogP contribution < -0.4 is 5.32 Å². The highest BCUT2D eigenvalue weighted by Crippen LogP contribution is 2.10. The van der Waals surface area contributed by atoms with Gasteiger partial charge in [0.25, 0.3) is 0 Å². The van der Waals surface area contributed by atoms with Crippen LogP contribution in [0.2, 0.25) is 0 Å². The number of benzene rings is 1. The summed E-state index contributed by atoms with van der Waals surface area (Å²) in [5, 5.41) is 2.82. The molecule has 18 heavy (non-hydrogen) atoms. The topological polar surface area (TPSA) is 63.2 Å². The third-order valence-electron chi connectivity index (χ3n) is 2.42. The van der Waals surface area contributed by atoms with Crippen molar-refractivity contribution in [3.63, 3.8) is 0 Å². The summed E-state index contributed by atoms with van der Waals surface area (Å²) >= 11 is 0. The number of sulfone groups is 1. The normalized spacial score (nSPS) is 11.6. The van der Waals surface area contributed by atoms with E-state index in [9.17, 15) is 13.2 Å². The summed E-state index contributed by atoms with van der Waals surface area (Å²) in [6, 6.07) is 6.40. The molecule has 0 aliphatic heterocycles. The molecule has 1 N–H and O–H groups in total. The van der Waals surface area contributed by atoms with Crippen molar-refractivity contribution in [2.24, 2.45) is 5.92 Å². The average molecular weight is 269 g/mol. The second kappa shape index (κ2) is 6.00. The molecule has 0 spiro atoms. The smallest absolute Gasteiger partial charge is 0.224 e. The van der Waals surface area contributed by atoms with Crippen LogP contribution >= 0.6 is 0 Å². The molecule has 0 fully saturated rings. The second-order valence-electron chi connectivity index (χ2n) is 4.79. The van der Waals surface area contributed by atoms with E-state index in [2.05, 4.69) is 5.32 Å². The van der Waals surface area contributed by atoms with Crippen molar-refractivity contribution in [1.29, 1.82) is 0 Å². The molecule has 0 saturated carbocycles. The molecule has 0 aliphatic carbocycles. The van der Waals surface area contributed by atoms with Crippen molar-refractivity contribution < 1.29 is 13.2 Å². The van der Waals surface area contributed by atoms with Gasteiger partial charge in [0.15, 0.2) is 9.84 Å². The Bertz CT molecular complexity index is 504. The number of amides is 1. The Morgan fingerprint density at radius 1 is 1.22 bits per heavy atom. The van der Waals surface area contributed by atoms with E-state index in [0.29, 0.717) is 12.5 Å². The molecule has 0 heterocycles. The SMILES string of the molecule is CC(C)CNC(=O)Cc1ccc(S(C)(=O)=O)cc1. The Morgan fingerprint density at radius 3 is 2.22 bits per heavy atom. The third kappa shape index (κ3) is 4.87. The highest BCUT2D eigenvalue weighted by Gasteiger charge is 2.08. The zero-order valence-corrected chi connectivity index (χ0v) is 11.8. The minimum Gasteiger partial charge on any atom is -0.356 e. The van der Waals surface area contributed by atoms with E-state index in [1.165, 1.54) is 12.1 Å². The maximum atomic E-state index is 11.6. The van der Waals surface area contributed by atoms with E-state index in [1.807, 2.05) is 13.8 Å². The summed E-state index contributed by atoms with van der Waals surface area (Å²) in [5.41, 5.74) is 0.809. The molecule has 100 valence electrons. The van der Waals surface area contributed by atoms with Gasteiger partial charge in [-0.2, -0.15) is 0 Å². The maximum Gasteiger partial charge on any atom is 0.224 e. The van der Waals surface area contributed by atoms with Crippen LogP contribution in [0.5, 0.6) is 0 Å². The molecule has 0 radical (unpaired) electrons. The molecule has 1 aromatic rings. The number of rotatable bonds is 5. The van der Waals surface area contributed by atoms with Crippen LogP contribution in [0.15, 0.2) is 29.2 Å². The van der Waals surface area contributed by atoms with Crippen LogP contribution in [0.1, 0.15) is 19.4 Å². The third-order valence-corrected chi connectivity index (χ3v) is 3.55. The summed E-state index contributed by atoms with van der Waals surface area (Å²) in [5.74, 6) is 0.373. The van der Waals surface area contributed by atoms with Gasteiger partial charge < -0.3 is 5.32 Å². The Kier molecular flexibility index (Phi) is 4.90. The zero-order valence-electron chi connectivity index (χ0n) is 10.9. The standard InChI is InChI=1S/C13H19NO3S/c1-10(2)9-14-13(15)8-11-4-6-12(7-5-11)18(3,16)17/h4-7,10H,8-9H2,1-3H3,(H,14,15). The van der Waals surface area contributed by atoms with Crippen LogP contribution in [0.25, 0.3) is 0 Å². The molecule has 0 unspecified atom stereocenters. The molecule has 0 atom stereocenters. The van der Waals surface area contributed by atoms with Crippen molar-refractivity contribution in [1.82, 2.24) is 5.32 Å². The Hall–Kier alpha value is -1.36. The summed E-state index contributed by atoms with van der Waals surface area (Å²) in [6.07, 6.45) is 1.44. The summed E-state index contributed by atoms with van der Waals surface area (Å²) in [4.78, 5) is 11.8. The van der Waals surface area contributed by atoms with E-state index in [1.54, 1.807) is 12.1 Å². The first-order valence-corrected chi connectivity index (χ1v) is 7.74. The number of nitrogens with one attached hydrogen (secondary N) is 1. The van der Waals surface area contributed by atoms with E-state index < -0.39 is 9.84 Å². The predicted molar refractivity (Wildman–Crippen MR) is 71.1 cm³/mol.